The van der Waals surface area contributed by atoms with Crippen LogP contribution in [0.15, 0.2) is 53.5 Å². The molecule has 0 aliphatic carbocycles. The Morgan fingerprint density at radius 1 is 1.11 bits per heavy atom. The molecule has 1 aromatic heterocycles. The lowest BCUT2D eigenvalue weighted by atomic mass is 10.2. The number of hydrogen-bond acceptors (Lipinski definition) is 1. The third-order valence-electron chi connectivity index (χ3n) is 2.18. The second kappa shape index (κ2) is 9.29. The minimum absolute atomic E-state index is 0.871. The number of para-hydroxylation sites is 1. The topological polar surface area (TPSA) is 13.1 Å². The van der Waals surface area contributed by atoms with Crippen LogP contribution in [0, 0.1) is 0 Å². The number of hydrogen-bond donors (Lipinski definition) is 0. The van der Waals surface area contributed by atoms with E-state index in [0.717, 1.165) is 22.3 Å². The van der Waals surface area contributed by atoms with Gasteiger partial charge in [0.15, 0.2) is 0 Å². The molecule has 18 heavy (non-hydrogen) atoms. The van der Waals surface area contributed by atoms with Crippen LogP contribution in [-0.2, 0) is 0 Å². The van der Waals surface area contributed by atoms with Gasteiger partial charge >= 0.3 is 0 Å². The maximum absolute atomic E-state index is 5.53. The summed E-state index contributed by atoms with van der Waals surface area (Å²) in [5, 5.41) is 1.13. The quantitative estimate of drug-likeness (QED) is 0.554. The maximum Gasteiger partial charge on any atom is 0.134 e. The molecule has 2 rings (SSSR count). The predicted octanol–water partition coefficient (Wildman–Crippen LogP) is 6.07. The number of rotatable bonds is 1. The second-order valence-corrected chi connectivity index (χ2v) is 3.60. The summed E-state index contributed by atoms with van der Waals surface area (Å²) in [7, 11) is 0. The molecule has 2 aromatic rings. The van der Waals surface area contributed by atoms with Gasteiger partial charge in [-0.25, -0.2) is 0 Å². The third kappa shape index (κ3) is 5.05. The van der Waals surface area contributed by atoms with Gasteiger partial charge in [-0.1, -0.05) is 50.8 Å². The largest absolute Gasteiger partial charge is 0.456 e. The van der Waals surface area contributed by atoms with Gasteiger partial charge in [-0.05, 0) is 38.5 Å². The molecule has 0 radical (unpaired) electrons. The fourth-order valence-corrected chi connectivity index (χ4v) is 1.19. The molecule has 1 heteroatoms. The summed E-state index contributed by atoms with van der Waals surface area (Å²) >= 11 is 0. The van der Waals surface area contributed by atoms with Crippen LogP contribution in [0.5, 0.6) is 0 Å². The van der Waals surface area contributed by atoms with Gasteiger partial charge in [0.2, 0.25) is 0 Å². The first-order chi connectivity index (χ1) is 8.69. The Labute approximate surface area is 111 Å². The van der Waals surface area contributed by atoms with Crippen molar-refractivity contribution in [2.24, 2.45) is 0 Å². The first-order valence-corrected chi connectivity index (χ1v) is 6.40. The summed E-state index contributed by atoms with van der Waals surface area (Å²) in [5.41, 5.74) is 1.89. The normalized spacial score (nSPS) is 9.39. The molecule has 0 atom stereocenters. The molecule has 0 saturated carbocycles. The highest BCUT2D eigenvalue weighted by atomic mass is 16.3. The molecule has 98 valence electrons. The Morgan fingerprint density at radius 3 is 2.11 bits per heavy atom. The van der Waals surface area contributed by atoms with E-state index < -0.39 is 0 Å². The van der Waals surface area contributed by atoms with E-state index in [1.54, 1.807) is 0 Å². The molecule has 0 N–H and O–H groups in total. The fourth-order valence-electron chi connectivity index (χ4n) is 1.19. The van der Waals surface area contributed by atoms with Crippen molar-refractivity contribution in [3.63, 3.8) is 0 Å². The van der Waals surface area contributed by atoms with Crippen molar-refractivity contribution in [2.75, 3.05) is 0 Å². The van der Waals surface area contributed by atoms with E-state index in [2.05, 4.69) is 6.58 Å². The van der Waals surface area contributed by atoms with Crippen molar-refractivity contribution in [1.82, 2.24) is 0 Å². The van der Waals surface area contributed by atoms with E-state index in [0.29, 0.717) is 0 Å². The van der Waals surface area contributed by atoms with Gasteiger partial charge < -0.3 is 4.42 Å². The van der Waals surface area contributed by atoms with Crippen molar-refractivity contribution in [1.29, 1.82) is 0 Å². The summed E-state index contributed by atoms with van der Waals surface area (Å²) in [5.74, 6) is 0.871. The first kappa shape index (κ1) is 16.2. The molecule has 1 nitrogen and oxygen atoms in total. The average Bonchev–Trinajstić information content (AvgIpc) is 2.85. The van der Waals surface area contributed by atoms with Gasteiger partial charge in [0.25, 0.3) is 0 Å². The Morgan fingerprint density at radius 2 is 1.67 bits per heavy atom. The van der Waals surface area contributed by atoms with E-state index in [9.17, 15) is 0 Å². The third-order valence-corrected chi connectivity index (χ3v) is 2.18. The van der Waals surface area contributed by atoms with E-state index in [4.69, 9.17) is 4.42 Å². The van der Waals surface area contributed by atoms with Crippen molar-refractivity contribution >= 4 is 16.5 Å². The first-order valence-electron chi connectivity index (χ1n) is 6.40. The van der Waals surface area contributed by atoms with Gasteiger partial charge in [-0.3, -0.25) is 0 Å². The second-order valence-electron chi connectivity index (χ2n) is 3.60. The molecule has 0 spiro atoms. The molecule has 0 aliphatic rings. The van der Waals surface area contributed by atoms with Crippen LogP contribution in [0.25, 0.3) is 16.5 Å². The van der Waals surface area contributed by atoms with Crippen LogP contribution in [-0.4, -0.2) is 0 Å². The summed E-state index contributed by atoms with van der Waals surface area (Å²) in [6.45, 7) is 13.8. The zero-order valence-electron chi connectivity index (χ0n) is 12.2. The fraction of sp³-hybridized carbons (Fsp3) is 0.294. The monoisotopic (exact) mass is 244 g/mol. The lowest BCUT2D eigenvalue weighted by molar-refractivity contribution is 0.599. The van der Waals surface area contributed by atoms with Crippen molar-refractivity contribution in [2.45, 2.75) is 34.6 Å². The molecular weight excluding hydrogens is 220 g/mol. The Kier molecular flexibility index (Phi) is 8.38. The highest BCUT2D eigenvalue weighted by Crippen LogP contribution is 2.22. The standard InChI is InChI=1S/C11H10O.C4H8.C2H6/c1-8(2)11-7-9-5-3-4-6-10(9)12-11;1-3-4-2;1-2/h3-7H,1H2,2H3;3-4H,1-2H3;1-2H3/b;4-3-;. The molecule has 1 heterocycles. The number of benzene rings is 1. The summed E-state index contributed by atoms with van der Waals surface area (Å²) in [6, 6.07) is 9.97. The average molecular weight is 244 g/mol. The molecule has 0 amide bonds. The van der Waals surface area contributed by atoms with Gasteiger partial charge in [0.1, 0.15) is 11.3 Å². The zero-order chi connectivity index (χ0) is 14.0. The Bertz CT molecular complexity index is 452. The molecule has 0 saturated heterocycles. The van der Waals surface area contributed by atoms with Crippen LogP contribution >= 0.6 is 0 Å². The van der Waals surface area contributed by atoms with Crippen molar-refractivity contribution in [3.05, 3.63) is 54.8 Å². The molecule has 0 fully saturated rings. The highest BCUT2D eigenvalue weighted by molar-refractivity contribution is 5.81. The van der Waals surface area contributed by atoms with Crippen LogP contribution < -0.4 is 0 Å². The lowest BCUT2D eigenvalue weighted by Gasteiger charge is -1.88. The SMILES string of the molecule is C/C=C\C.C=C(C)c1cc2ccccc2o1.CC. The van der Waals surface area contributed by atoms with Gasteiger partial charge in [0, 0.05) is 5.39 Å². The van der Waals surface area contributed by atoms with Gasteiger partial charge in [-0.2, -0.15) is 0 Å². The van der Waals surface area contributed by atoms with Crippen LogP contribution in [0.4, 0.5) is 0 Å². The van der Waals surface area contributed by atoms with Crippen LogP contribution in [0.3, 0.4) is 0 Å². The predicted molar refractivity (Wildman–Crippen MR) is 82.8 cm³/mol. The van der Waals surface area contributed by atoms with Crippen LogP contribution in [0.1, 0.15) is 40.4 Å². The Hall–Kier alpha value is -1.76. The number of furan rings is 1. The van der Waals surface area contributed by atoms with Gasteiger partial charge in [-0.15, -0.1) is 0 Å². The van der Waals surface area contributed by atoms with Gasteiger partial charge in [0.05, 0.1) is 0 Å². The summed E-state index contributed by atoms with van der Waals surface area (Å²) in [4.78, 5) is 0. The van der Waals surface area contributed by atoms with Crippen molar-refractivity contribution < 1.29 is 4.42 Å². The Balaban J connectivity index is 0.000000415. The minimum atomic E-state index is 0.871. The summed E-state index contributed by atoms with van der Waals surface area (Å²) < 4.78 is 5.53. The number of fused-ring (bicyclic) bond motifs is 1. The highest BCUT2D eigenvalue weighted by Gasteiger charge is 2.01. The van der Waals surface area contributed by atoms with Crippen molar-refractivity contribution in [3.8, 4) is 0 Å². The smallest absolute Gasteiger partial charge is 0.134 e. The zero-order valence-corrected chi connectivity index (χ0v) is 12.2. The van der Waals surface area contributed by atoms with E-state index >= 15 is 0 Å². The van der Waals surface area contributed by atoms with Crippen LogP contribution in [0.2, 0.25) is 0 Å². The molecule has 0 unspecified atom stereocenters. The minimum Gasteiger partial charge on any atom is -0.456 e. The molecule has 1 aromatic carbocycles. The molecule has 0 bridgehead atoms. The number of allylic oxidation sites excluding steroid dienone is 3. The lowest BCUT2D eigenvalue weighted by Crippen LogP contribution is -1.65. The van der Waals surface area contributed by atoms with E-state index in [-0.39, 0.29) is 0 Å². The van der Waals surface area contributed by atoms with E-state index in [1.165, 1.54) is 0 Å². The maximum atomic E-state index is 5.53. The van der Waals surface area contributed by atoms with E-state index in [1.807, 2.05) is 77.1 Å². The summed E-state index contributed by atoms with van der Waals surface area (Å²) in [6.07, 6.45) is 4.00. The molecule has 0 aliphatic heterocycles. The molecular formula is C17H24O.